The number of benzene rings is 1. The molecule has 1 aromatic carbocycles. The molecule has 0 bridgehead atoms. The molecule has 0 spiro atoms. The zero-order chi connectivity index (χ0) is 22.0. The van der Waals surface area contributed by atoms with Crippen LogP contribution in [0.3, 0.4) is 0 Å². The largest absolute Gasteiger partial charge is 0.368 e. The van der Waals surface area contributed by atoms with Gasteiger partial charge in [-0.05, 0) is 56.0 Å². The molecule has 2 unspecified atom stereocenters. The molecule has 31 heavy (non-hydrogen) atoms. The van der Waals surface area contributed by atoms with Gasteiger partial charge in [0.2, 0.25) is 5.91 Å². The summed E-state index contributed by atoms with van der Waals surface area (Å²) in [5.74, 6) is -0.784. The van der Waals surface area contributed by atoms with Crippen molar-refractivity contribution < 1.29 is 14.0 Å². The van der Waals surface area contributed by atoms with Crippen LogP contribution in [0.5, 0.6) is 0 Å². The second kappa shape index (κ2) is 8.81. The van der Waals surface area contributed by atoms with Gasteiger partial charge in [-0.15, -0.1) is 0 Å². The second-order valence-corrected chi connectivity index (χ2v) is 7.83. The lowest BCUT2D eigenvalue weighted by atomic mass is 9.84. The first-order chi connectivity index (χ1) is 15.0. The number of nitrogens with two attached hydrogens (primary N) is 1. The van der Waals surface area contributed by atoms with E-state index in [9.17, 15) is 14.0 Å². The maximum Gasteiger partial charge on any atom is 0.253 e. The van der Waals surface area contributed by atoms with Gasteiger partial charge in [0.15, 0.2) is 0 Å². The summed E-state index contributed by atoms with van der Waals surface area (Å²) in [7, 11) is 0. The molecule has 4 rings (SSSR count). The van der Waals surface area contributed by atoms with E-state index in [0.717, 1.165) is 12.8 Å². The normalized spacial score (nSPS) is 19.8. The SMILES string of the molecule is CC[C@H](NC(=O)c1cncc2c1cnn2-c1ccc(F)cc1)C1CCNC(C(N)=O)C1. The third-order valence-corrected chi connectivity index (χ3v) is 5.93. The maximum absolute atomic E-state index is 13.3. The Morgan fingerprint density at radius 3 is 2.77 bits per heavy atom. The molecular weight excluding hydrogens is 399 g/mol. The van der Waals surface area contributed by atoms with Crippen molar-refractivity contribution >= 4 is 22.7 Å². The highest BCUT2D eigenvalue weighted by molar-refractivity contribution is 6.06. The Morgan fingerprint density at radius 1 is 1.29 bits per heavy atom. The topological polar surface area (TPSA) is 115 Å². The van der Waals surface area contributed by atoms with E-state index in [4.69, 9.17) is 5.73 Å². The van der Waals surface area contributed by atoms with E-state index in [1.807, 2.05) is 6.92 Å². The Labute approximate surface area is 179 Å². The summed E-state index contributed by atoms with van der Waals surface area (Å²) in [5.41, 5.74) is 7.21. The minimum atomic E-state index is -0.372. The number of nitrogens with one attached hydrogen (secondary N) is 2. The highest BCUT2D eigenvalue weighted by atomic mass is 19.1. The number of pyridine rings is 1. The van der Waals surface area contributed by atoms with E-state index in [2.05, 4.69) is 20.7 Å². The van der Waals surface area contributed by atoms with Gasteiger partial charge < -0.3 is 16.4 Å². The van der Waals surface area contributed by atoms with E-state index in [1.54, 1.807) is 29.2 Å². The Kier molecular flexibility index (Phi) is 5.94. The molecular formula is C22H25FN6O2. The van der Waals surface area contributed by atoms with E-state index in [-0.39, 0.29) is 35.6 Å². The molecule has 2 aromatic heterocycles. The first-order valence-electron chi connectivity index (χ1n) is 10.4. The van der Waals surface area contributed by atoms with Gasteiger partial charge >= 0.3 is 0 Å². The monoisotopic (exact) mass is 424 g/mol. The number of carbonyl (C=O) groups excluding carboxylic acids is 2. The van der Waals surface area contributed by atoms with E-state index in [0.29, 0.717) is 35.1 Å². The fourth-order valence-electron chi connectivity index (χ4n) is 4.24. The van der Waals surface area contributed by atoms with Crippen molar-refractivity contribution in [3.8, 4) is 5.69 Å². The smallest absolute Gasteiger partial charge is 0.253 e. The number of aromatic nitrogens is 3. The van der Waals surface area contributed by atoms with Crippen LogP contribution in [0.15, 0.2) is 42.9 Å². The molecule has 4 N–H and O–H groups in total. The standard InChI is InChI=1S/C22H25FN6O2/c1-2-18(13-7-8-26-19(9-13)21(24)30)28-22(31)17-10-25-12-20-16(17)11-27-29(20)15-5-3-14(23)4-6-15/h3-6,10-13,18-19,26H,2,7-9H2,1H3,(H2,24,30)(H,28,31)/t13?,18-,19?/m0/s1. The van der Waals surface area contributed by atoms with Gasteiger partial charge in [-0.2, -0.15) is 5.10 Å². The van der Waals surface area contributed by atoms with Crippen LogP contribution in [0, 0.1) is 11.7 Å². The van der Waals surface area contributed by atoms with Gasteiger partial charge in [0.05, 0.1) is 35.2 Å². The summed E-state index contributed by atoms with van der Waals surface area (Å²) in [6.07, 6.45) is 6.95. The number of nitrogens with zero attached hydrogens (tertiary/aromatic N) is 3. The van der Waals surface area contributed by atoms with Gasteiger partial charge in [-0.1, -0.05) is 6.92 Å². The lowest BCUT2D eigenvalue weighted by molar-refractivity contribution is -0.121. The number of carbonyl (C=O) groups is 2. The molecule has 1 fully saturated rings. The molecule has 9 heteroatoms. The van der Waals surface area contributed by atoms with E-state index < -0.39 is 0 Å². The molecule has 162 valence electrons. The second-order valence-electron chi connectivity index (χ2n) is 7.83. The van der Waals surface area contributed by atoms with Gasteiger partial charge in [0.1, 0.15) is 5.82 Å². The zero-order valence-electron chi connectivity index (χ0n) is 17.2. The molecule has 2 amide bonds. The lowest BCUT2D eigenvalue weighted by Gasteiger charge is -2.34. The summed E-state index contributed by atoms with van der Waals surface area (Å²) in [4.78, 5) is 28.9. The van der Waals surface area contributed by atoms with Crippen molar-refractivity contribution in [1.82, 2.24) is 25.4 Å². The van der Waals surface area contributed by atoms with Crippen molar-refractivity contribution in [3.05, 3.63) is 54.2 Å². The van der Waals surface area contributed by atoms with Gasteiger partial charge in [-0.25, -0.2) is 9.07 Å². The Hall–Kier alpha value is -3.33. The van der Waals surface area contributed by atoms with Crippen LogP contribution in [-0.4, -0.2) is 45.2 Å². The quantitative estimate of drug-likeness (QED) is 0.559. The van der Waals surface area contributed by atoms with Crippen molar-refractivity contribution in [2.45, 2.75) is 38.3 Å². The summed E-state index contributed by atoms with van der Waals surface area (Å²) >= 11 is 0. The number of fused-ring (bicyclic) bond motifs is 1. The maximum atomic E-state index is 13.3. The summed E-state index contributed by atoms with van der Waals surface area (Å²) < 4.78 is 14.9. The lowest BCUT2D eigenvalue weighted by Crippen LogP contribution is -2.51. The predicted molar refractivity (Wildman–Crippen MR) is 114 cm³/mol. The van der Waals surface area contributed by atoms with Crippen LogP contribution in [0.2, 0.25) is 0 Å². The summed E-state index contributed by atoms with van der Waals surface area (Å²) in [6.45, 7) is 2.70. The van der Waals surface area contributed by atoms with Gasteiger partial charge in [-0.3, -0.25) is 14.6 Å². The average Bonchev–Trinajstić information content (AvgIpc) is 3.22. The van der Waals surface area contributed by atoms with Gasteiger partial charge in [0.25, 0.3) is 5.91 Å². The molecule has 1 aliphatic heterocycles. The van der Waals surface area contributed by atoms with E-state index in [1.165, 1.54) is 18.3 Å². The van der Waals surface area contributed by atoms with Crippen molar-refractivity contribution in [2.75, 3.05) is 6.54 Å². The average molecular weight is 424 g/mol. The van der Waals surface area contributed by atoms with Crippen LogP contribution in [-0.2, 0) is 4.79 Å². The molecule has 3 aromatic rings. The van der Waals surface area contributed by atoms with Crippen molar-refractivity contribution in [3.63, 3.8) is 0 Å². The number of amides is 2. The van der Waals surface area contributed by atoms with Crippen molar-refractivity contribution in [2.24, 2.45) is 11.7 Å². The van der Waals surface area contributed by atoms with Crippen LogP contribution in [0.25, 0.3) is 16.6 Å². The first-order valence-corrected chi connectivity index (χ1v) is 10.4. The van der Waals surface area contributed by atoms with Crippen LogP contribution in [0.1, 0.15) is 36.5 Å². The minimum Gasteiger partial charge on any atom is -0.368 e. The van der Waals surface area contributed by atoms with Gasteiger partial charge in [0, 0.05) is 17.6 Å². The van der Waals surface area contributed by atoms with Crippen LogP contribution in [0.4, 0.5) is 4.39 Å². The Balaban J connectivity index is 1.57. The minimum absolute atomic E-state index is 0.0844. The molecule has 1 saturated heterocycles. The first kappa shape index (κ1) is 20.9. The summed E-state index contributed by atoms with van der Waals surface area (Å²) in [6, 6.07) is 5.50. The number of halogens is 1. The molecule has 8 nitrogen and oxygen atoms in total. The number of hydrogen-bond donors (Lipinski definition) is 3. The number of hydrogen-bond acceptors (Lipinski definition) is 5. The van der Waals surface area contributed by atoms with Crippen molar-refractivity contribution in [1.29, 1.82) is 0 Å². The fourth-order valence-corrected chi connectivity index (χ4v) is 4.24. The summed E-state index contributed by atoms with van der Waals surface area (Å²) in [5, 5.41) is 11.3. The van der Waals surface area contributed by atoms with E-state index >= 15 is 0 Å². The Bertz CT molecular complexity index is 1100. The predicted octanol–water partition coefficient (Wildman–Crippen LogP) is 1.92. The molecule has 0 radical (unpaired) electrons. The highest BCUT2D eigenvalue weighted by Crippen LogP contribution is 2.24. The third kappa shape index (κ3) is 4.27. The number of primary amides is 1. The number of rotatable bonds is 6. The fraction of sp³-hybridized carbons (Fsp3) is 0.364. The molecule has 3 atom stereocenters. The number of piperidine rings is 1. The zero-order valence-corrected chi connectivity index (χ0v) is 17.2. The van der Waals surface area contributed by atoms with Crippen LogP contribution >= 0.6 is 0 Å². The molecule has 1 aliphatic rings. The Morgan fingerprint density at radius 2 is 2.06 bits per heavy atom. The third-order valence-electron chi connectivity index (χ3n) is 5.93. The van der Waals surface area contributed by atoms with Crippen LogP contribution < -0.4 is 16.4 Å². The molecule has 0 saturated carbocycles. The highest BCUT2D eigenvalue weighted by Gasteiger charge is 2.31. The molecule has 0 aliphatic carbocycles. The molecule has 3 heterocycles.